The molecule has 0 aromatic carbocycles. The van der Waals surface area contributed by atoms with Gasteiger partial charge in [0.25, 0.3) is 0 Å². The van der Waals surface area contributed by atoms with Crippen LogP contribution in [0.1, 0.15) is 13.8 Å². The highest BCUT2D eigenvalue weighted by Crippen LogP contribution is 2.24. The largest absolute Gasteiger partial charge is 0.394 e. The third-order valence-electron chi connectivity index (χ3n) is 2.94. The van der Waals surface area contributed by atoms with E-state index in [2.05, 4.69) is 20.4 Å². The molecule has 0 saturated carbocycles. The van der Waals surface area contributed by atoms with Gasteiger partial charge in [0.2, 0.25) is 5.91 Å². The van der Waals surface area contributed by atoms with Gasteiger partial charge >= 0.3 is 0 Å². The summed E-state index contributed by atoms with van der Waals surface area (Å²) in [5, 5.41) is 9.29. The van der Waals surface area contributed by atoms with Crippen LogP contribution in [0.2, 0.25) is 0 Å². The third kappa shape index (κ3) is 2.21. The van der Waals surface area contributed by atoms with Gasteiger partial charge in [-0.25, -0.2) is 0 Å². The highest BCUT2D eigenvalue weighted by molar-refractivity contribution is 5.83. The first-order chi connectivity index (χ1) is 6.94. The second-order valence-electron chi connectivity index (χ2n) is 4.65. The summed E-state index contributed by atoms with van der Waals surface area (Å²) in [4.78, 5) is 15.5. The van der Waals surface area contributed by atoms with Crippen molar-refractivity contribution in [3.8, 4) is 0 Å². The average Bonchev–Trinajstić information content (AvgIpc) is 2.14. The topological polar surface area (TPSA) is 43.8 Å². The Hall–Kier alpha value is -0.870. The molecule has 0 bridgehead atoms. The Labute approximate surface area is 91.2 Å². The summed E-state index contributed by atoms with van der Waals surface area (Å²) in [6.45, 7) is 8.99. The van der Waals surface area contributed by atoms with Crippen molar-refractivity contribution >= 4 is 5.91 Å². The van der Waals surface area contributed by atoms with E-state index in [0.717, 1.165) is 0 Å². The predicted octanol–water partition coefficient (Wildman–Crippen LogP) is 0.0859. The number of hydrogen-bond acceptors (Lipinski definition) is 3. The average molecular weight is 212 g/mol. The lowest BCUT2D eigenvalue weighted by Gasteiger charge is -2.49. The summed E-state index contributed by atoms with van der Waals surface area (Å²) in [5.41, 5.74) is -0.121. The van der Waals surface area contributed by atoms with E-state index in [-0.39, 0.29) is 18.1 Å². The number of carbonyl (C=O) groups excluding carboxylic acids is 1. The second kappa shape index (κ2) is 4.33. The summed E-state index contributed by atoms with van der Waals surface area (Å²) in [5.74, 6) is -0.0151. The molecule has 1 N–H and O–H groups in total. The Morgan fingerprint density at radius 3 is 2.73 bits per heavy atom. The van der Waals surface area contributed by atoms with E-state index < -0.39 is 6.04 Å². The van der Waals surface area contributed by atoms with Gasteiger partial charge in [0.15, 0.2) is 0 Å². The molecule has 4 nitrogen and oxygen atoms in total. The SMILES string of the molecule is C=CCN1C(CO)C(=O)N(C)CC1(C)C. The summed E-state index contributed by atoms with van der Waals surface area (Å²) in [6, 6.07) is -0.434. The van der Waals surface area contributed by atoms with Crippen molar-refractivity contribution in [2.24, 2.45) is 0 Å². The first kappa shape index (κ1) is 12.2. The molecule has 0 aromatic heterocycles. The van der Waals surface area contributed by atoms with Crippen LogP contribution >= 0.6 is 0 Å². The molecule has 1 aliphatic heterocycles. The molecule has 1 amide bonds. The molecule has 0 aromatic rings. The Morgan fingerprint density at radius 1 is 1.67 bits per heavy atom. The van der Waals surface area contributed by atoms with Gasteiger partial charge in [0, 0.05) is 25.7 Å². The lowest BCUT2D eigenvalue weighted by Crippen LogP contribution is -2.66. The molecule has 4 heteroatoms. The number of hydrogen-bond donors (Lipinski definition) is 1. The second-order valence-corrected chi connectivity index (χ2v) is 4.65. The fourth-order valence-electron chi connectivity index (χ4n) is 2.25. The Bertz CT molecular complexity index is 263. The van der Waals surface area contributed by atoms with Crippen LogP contribution < -0.4 is 0 Å². The van der Waals surface area contributed by atoms with Gasteiger partial charge in [-0.2, -0.15) is 0 Å². The minimum absolute atomic E-state index is 0.0151. The lowest BCUT2D eigenvalue weighted by molar-refractivity contribution is -0.149. The molecule has 15 heavy (non-hydrogen) atoms. The molecule has 1 atom stereocenters. The van der Waals surface area contributed by atoms with E-state index in [9.17, 15) is 9.90 Å². The van der Waals surface area contributed by atoms with Crippen LogP contribution in [0.25, 0.3) is 0 Å². The fourth-order valence-corrected chi connectivity index (χ4v) is 2.25. The van der Waals surface area contributed by atoms with Crippen LogP contribution in [0.5, 0.6) is 0 Å². The van der Waals surface area contributed by atoms with Gasteiger partial charge in [0.05, 0.1) is 6.61 Å². The lowest BCUT2D eigenvalue weighted by atomic mass is 9.95. The van der Waals surface area contributed by atoms with E-state index >= 15 is 0 Å². The zero-order chi connectivity index (χ0) is 11.6. The smallest absolute Gasteiger partial charge is 0.242 e. The standard InChI is InChI=1S/C11H20N2O2/c1-5-6-13-9(7-14)10(15)12(4)8-11(13,2)3/h5,9,14H,1,6-8H2,2-4H3. The maximum atomic E-state index is 11.8. The quantitative estimate of drug-likeness (QED) is 0.674. The van der Waals surface area contributed by atoms with Crippen LogP contribution in [-0.4, -0.2) is 59.1 Å². The zero-order valence-electron chi connectivity index (χ0n) is 9.73. The van der Waals surface area contributed by atoms with Gasteiger partial charge in [-0.3, -0.25) is 9.69 Å². The molecule has 1 rings (SSSR count). The highest BCUT2D eigenvalue weighted by Gasteiger charge is 2.42. The van der Waals surface area contributed by atoms with Crippen molar-refractivity contribution in [3.63, 3.8) is 0 Å². The predicted molar refractivity (Wildman–Crippen MR) is 59.5 cm³/mol. The Morgan fingerprint density at radius 2 is 2.27 bits per heavy atom. The van der Waals surface area contributed by atoms with Crippen molar-refractivity contribution in [2.75, 3.05) is 26.7 Å². The molecule has 1 heterocycles. The summed E-state index contributed by atoms with van der Waals surface area (Å²) >= 11 is 0. The molecular formula is C11H20N2O2. The summed E-state index contributed by atoms with van der Waals surface area (Å²) < 4.78 is 0. The molecule has 0 aliphatic carbocycles. The van der Waals surface area contributed by atoms with Crippen molar-refractivity contribution in [2.45, 2.75) is 25.4 Å². The monoisotopic (exact) mass is 212 g/mol. The molecule has 1 fully saturated rings. The zero-order valence-corrected chi connectivity index (χ0v) is 9.73. The van der Waals surface area contributed by atoms with Gasteiger partial charge in [-0.15, -0.1) is 6.58 Å². The van der Waals surface area contributed by atoms with Crippen molar-refractivity contribution < 1.29 is 9.90 Å². The number of nitrogens with zero attached hydrogens (tertiary/aromatic N) is 2. The Balaban J connectivity index is 2.95. The molecule has 86 valence electrons. The van der Waals surface area contributed by atoms with E-state index in [0.29, 0.717) is 13.1 Å². The highest BCUT2D eigenvalue weighted by atomic mass is 16.3. The molecule has 1 aliphatic rings. The van der Waals surface area contributed by atoms with Gasteiger partial charge in [-0.1, -0.05) is 6.08 Å². The summed E-state index contributed by atoms with van der Waals surface area (Å²) in [7, 11) is 1.78. The van der Waals surface area contributed by atoms with Crippen molar-refractivity contribution in [1.82, 2.24) is 9.80 Å². The van der Waals surface area contributed by atoms with E-state index in [4.69, 9.17) is 0 Å². The molecule has 0 spiro atoms. The van der Waals surface area contributed by atoms with Gasteiger partial charge < -0.3 is 10.0 Å². The number of rotatable bonds is 3. The number of carbonyl (C=O) groups is 1. The first-order valence-electron chi connectivity index (χ1n) is 5.17. The van der Waals surface area contributed by atoms with Crippen molar-refractivity contribution in [3.05, 3.63) is 12.7 Å². The van der Waals surface area contributed by atoms with Crippen LogP contribution in [0.15, 0.2) is 12.7 Å². The third-order valence-corrected chi connectivity index (χ3v) is 2.94. The first-order valence-corrected chi connectivity index (χ1v) is 5.17. The normalized spacial score (nSPS) is 26.8. The van der Waals surface area contributed by atoms with E-state index in [1.165, 1.54) is 0 Å². The number of aliphatic hydroxyl groups excluding tert-OH is 1. The van der Waals surface area contributed by atoms with Crippen LogP contribution in [0.3, 0.4) is 0 Å². The maximum absolute atomic E-state index is 11.8. The number of amides is 1. The molecule has 0 radical (unpaired) electrons. The summed E-state index contributed by atoms with van der Waals surface area (Å²) in [6.07, 6.45) is 1.77. The minimum Gasteiger partial charge on any atom is -0.394 e. The van der Waals surface area contributed by atoms with Crippen LogP contribution in [0.4, 0.5) is 0 Å². The van der Waals surface area contributed by atoms with E-state index in [1.54, 1.807) is 18.0 Å². The number of aliphatic hydroxyl groups is 1. The Kier molecular flexibility index (Phi) is 3.52. The van der Waals surface area contributed by atoms with Gasteiger partial charge in [0.1, 0.15) is 6.04 Å². The minimum atomic E-state index is -0.434. The van der Waals surface area contributed by atoms with E-state index in [1.807, 2.05) is 4.90 Å². The van der Waals surface area contributed by atoms with Gasteiger partial charge in [-0.05, 0) is 13.8 Å². The van der Waals surface area contributed by atoms with Crippen LogP contribution in [0, 0.1) is 0 Å². The number of piperazine rings is 1. The molecule has 1 saturated heterocycles. The van der Waals surface area contributed by atoms with Crippen molar-refractivity contribution in [1.29, 1.82) is 0 Å². The number of likely N-dealkylation sites (N-methyl/N-ethyl adjacent to an activating group) is 1. The maximum Gasteiger partial charge on any atom is 0.242 e. The molecule has 1 unspecified atom stereocenters. The molecular weight excluding hydrogens is 192 g/mol. The van der Waals surface area contributed by atoms with Crippen LogP contribution in [-0.2, 0) is 4.79 Å². The fraction of sp³-hybridized carbons (Fsp3) is 0.727.